The molecule has 0 heterocycles. The monoisotopic (exact) mass is 264 g/mol. The van der Waals surface area contributed by atoms with Crippen molar-refractivity contribution in [2.24, 2.45) is 11.8 Å². The van der Waals surface area contributed by atoms with E-state index < -0.39 is 0 Å². The van der Waals surface area contributed by atoms with E-state index in [9.17, 15) is 4.79 Å². The molecule has 0 bridgehead atoms. The summed E-state index contributed by atoms with van der Waals surface area (Å²) in [5.41, 5.74) is 0. The molecule has 0 rings (SSSR count). The lowest BCUT2D eigenvalue weighted by Gasteiger charge is -2.13. The zero-order valence-electron chi connectivity index (χ0n) is 11.7. The number of esters is 1. The maximum absolute atomic E-state index is 11.5. The van der Waals surface area contributed by atoms with Crippen LogP contribution in [0.1, 0.15) is 45.4 Å². The molecule has 0 spiro atoms. The summed E-state index contributed by atoms with van der Waals surface area (Å²) in [5.74, 6) is 5.19. The summed E-state index contributed by atoms with van der Waals surface area (Å²) in [7, 11) is 0. The van der Waals surface area contributed by atoms with Crippen LogP contribution in [0.5, 0.6) is 0 Å². The summed E-state index contributed by atoms with van der Waals surface area (Å²) < 4.78 is 5.17. The van der Waals surface area contributed by atoms with Crippen molar-refractivity contribution >= 4 is 5.97 Å². The predicted octanol–water partition coefficient (Wildman–Crippen LogP) is 2.38. The van der Waals surface area contributed by atoms with E-state index in [0.29, 0.717) is 25.9 Å². The number of ether oxygens (including phenoxy) is 1. The van der Waals surface area contributed by atoms with E-state index in [1.54, 1.807) is 0 Å². The molecule has 0 aliphatic heterocycles. The van der Waals surface area contributed by atoms with Gasteiger partial charge in [0.15, 0.2) is 0 Å². The zero-order chi connectivity index (χ0) is 14.5. The molecule has 1 N–H and O–H groups in total. The first-order chi connectivity index (χ1) is 9.17. The van der Waals surface area contributed by atoms with Gasteiger partial charge in [-0.05, 0) is 18.8 Å². The Morgan fingerprint density at radius 2 is 1.89 bits per heavy atom. The highest BCUT2D eigenvalue weighted by Gasteiger charge is 2.11. The van der Waals surface area contributed by atoms with Gasteiger partial charge in [0.25, 0.3) is 0 Å². The third-order valence-electron chi connectivity index (χ3n) is 3.12. The van der Waals surface area contributed by atoms with E-state index >= 15 is 0 Å². The minimum atomic E-state index is -0.216. The van der Waals surface area contributed by atoms with Crippen molar-refractivity contribution in [2.45, 2.75) is 45.4 Å². The molecule has 0 aliphatic rings. The molecule has 0 aromatic rings. The highest BCUT2D eigenvalue weighted by molar-refractivity contribution is 5.69. The molecule has 3 nitrogen and oxygen atoms in total. The number of hydrogen-bond donors (Lipinski definition) is 1. The van der Waals surface area contributed by atoms with Gasteiger partial charge in [-0.15, -0.1) is 24.7 Å². The van der Waals surface area contributed by atoms with E-state index in [1.165, 1.54) is 0 Å². The van der Waals surface area contributed by atoms with Crippen LogP contribution in [-0.2, 0) is 9.53 Å². The van der Waals surface area contributed by atoms with Crippen molar-refractivity contribution in [2.75, 3.05) is 13.2 Å². The molecule has 106 valence electrons. The van der Waals surface area contributed by atoms with Gasteiger partial charge in [-0.3, -0.25) is 4.79 Å². The van der Waals surface area contributed by atoms with Crippen LogP contribution in [0.25, 0.3) is 0 Å². The Balaban J connectivity index is 3.80. The number of rotatable bonds is 10. The Morgan fingerprint density at radius 1 is 1.26 bits per heavy atom. The highest BCUT2D eigenvalue weighted by Crippen LogP contribution is 2.13. The normalized spacial score (nSPS) is 11.6. The van der Waals surface area contributed by atoms with Gasteiger partial charge in [0.2, 0.25) is 0 Å². The Hall–Kier alpha value is -1.45. The van der Waals surface area contributed by atoms with Gasteiger partial charge in [-0.1, -0.05) is 13.3 Å². The SMILES string of the molecule is C#CCC(CC#C)COC(=O)CCCC(CC)CO. The molecular weight excluding hydrogens is 240 g/mol. The molecule has 0 saturated heterocycles. The summed E-state index contributed by atoms with van der Waals surface area (Å²) in [4.78, 5) is 11.5. The number of aliphatic hydroxyl groups is 1. The summed E-state index contributed by atoms with van der Waals surface area (Å²) in [6.45, 7) is 2.51. The largest absolute Gasteiger partial charge is 0.465 e. The zero-order valence-corrected chi connectivity index (χ0v) is 11.7. The van der Waals surface area contributed by atoms with Gasteiger partial charge in [-0.25, -0.2) is 0 Å². The summed E-state index contributed by atoms with van der Waals surface area (Å²) in [6.07, 6.45) is 14.4. The average Bonchev–Trinajstić information content (AvgIpc) is 2.41. The fraction of sp³-hybridized carbons (Fsp3) is 0.688. The second-order valence-electron chi connectivity index (χ2n) is 4.71. The van der Waals surface area contributed by atoms with Gasteiger partial charge in [0, 0.05) is 31.8 Å². The molecule has 0 aromatic heterocycles. The number of hydrogen-bond acceptors (Lipinski definition) is 3. The first-order valence-electron chi connectivity index (χ1n) is 6.81. The predicted molar refractivity (Wildman–Crippen MR) is 76.1 cm³/mol. The van der Waals surface area contributed by atoms with Crippen LogP contribution in [0.4, 0.5) is 0 Å². The Morgan fingerprint density at radius 3 is 2.37 bits per heavy atom. The Kier molecular flexibility index (Phi) is 10.7. The minimum absolute atomic E-state index is 0.0554. The standard InChI is InChI=1S/C16H24O3/c1-4-8-15(9-5-2)13-19-16(18)11-7-10-14(6-3)12-17/h1-2,14-15,17H,6-13H2,3H3. The molecule has 1 atom stereocenters. The third kappa shape index (κ3) is 9.17. The van der Waals surface area contributed by atoms with Crippen LogP contribution in [0.15, 0.2) is 0 Å². The van der Waals surface area contributed by atoms with Crippen LogP contribution >= 0.6 is 0 Å². The lowest BCUT2D eigenvalue weighted by Crippen LogP contribution is -2.14. The molecular formula is C16H24O3. The lowest BCUT2D eigenvalue weighted by atomic mass is 10.0. The van der Waals surface area contributed by atoms with Gasteiger partial charge in [-0.2, -0.15) is 0 Å². The molecule has 0 saturated carbocycles. The van der Waals surface area contributed by atoms with Crippen LogP contribution in [0.3, 0.4) is 0 Å². The summed E-state index contributed by atoms with van der Waals surface area (Å²) >= 11 is 0. The van der Waals surface area contributed by atoms with Crippen molar-refractivity contribution in [3.63, 3.8) is 0 Å². The van der Waals surface area contributed by atoms with Gasteiger partial charge in [0.1, 0.15) is 0 Å². The first-order valence-corrected chi connectivity index (χ1v) is 6.81. The van der Waals surface area contributed by atoms with Crippen molar-refractivity contribution < 1.29 is 14.6 Å². The van der Waals surface area contributed by atoms with E-state index in [1.807, 2.05) is 6.92 Å². The van der Waals surface area contributed by atoms with Crippen molar-refractivity contribution in [1.29, 1.82) is 0 Å². The average molecular weight is 264 g/mol. The number of terminal acetylenes is 2. The molecule has 0 aromatic carbocycles. The van der Waals surface area contributed by atoms with Gasteiger partial charge < -0.3 is 9.84 Å². The Labute approximate surface area is 116 Å². The quantitative estimate of drug-likeness (QED) is 0.487. The number of carbonyl (C=O) groups is 1. The van der Waals surface area contributed by atoms with Crippen molar-refractivity contribution in [3.8, 4) is 24.7 Å². The van der Waals surface area contributed by atoms with Crippen LogP contribution in [-0.4, -0.2) is 24.3 Å². The smallest absolute Gasteiger partial charge is 0.305 e. The second-order valence-corrected chi connectivity index (χ2v) is 4.71. The highest BCUT2D eigenvalue weighted by atomic mass is 16.5. The van der Waals surface area contributed by atoms with E-state index in [2.05, 4.69) is 11.8 Å². The van der Waals surface area contributed by atoms with E-state index in [-0.39, 0.29) is 24.4 Å². The molecule has 1 unspecified atom stereocenters. The summed E-state index contributed by atoms with van der Waals surface area (Å²) in [5, 5.41) is 9.03. The lowest BCUT2D eigenvalue weighted by molar-refractivity contribution is -0.145. The topological polar surface area (TPSA) is 46.5 Å². The molecule has 3 heteroatoms. The van der Waals surface area contributed by atoms with E-state index in [4.69, 9.17) is 22.7 Å². The Bertz CT molecular complexity index is 302. The minimum Gasteiger partial charge on any atom is -0.465 e. The fourth-order valence-corrected chi connectivity index (χ4v) is 1.77. The maximum Gasteiger partial charge on any atom is 0.305 e. The first kappa shape index (κ1) is 17.6. The van der Waals surface area contributed by atoms with Crippen LogP contribution in [0.2, 0.25) is 0 Å². The molecule has 0 aliphatic carbocycles. The summed E-state index contributed by atoms with van der Waals surface area (Å²) in [6, 6.07) is 0. The van der Waals surface area contributed by atoms with Crippen molar-refractivity contribution in [1.82, 2.24) is 0 Å². The second kappa shape index (κ2) is 11.6. The molecule has 0 radical (unpaired) electrons. The number of carbonyl (C=O) groups excluding carboxylic acids is 1. The maximum atomic E-state index is 11.5. The number of aliphatic hydroxyl groups excluding tert-OH is 1. The molecule has 19 heavy (non-hydrogen) atoms. The van der Waals surface area contributed by atoms with Gasteiger partial charge >= 0.3 is 5.97 Å². The molecule has 0 amide bonds. The van der Waals surface area contributed by atoms with Crippen LogP contribution in [0, 0.1) is 36.5 Å². The fourth-order valence-electron chi connectivity index (χ4n) is 1.77. The van der Waals surface area contributed by atoms with E-state index in [0.717, 1.165) is 19.3 Å². The van der Waals surface area contributed by atoms with Crippen LogP contribution < -0.4 is 0 Å². The molecule has 0 fully saturated rings. The van der Waals surface area contributed by atoms with Gasteiger partial charge in [0.05, 0.1) is 6.61 Å². The third-order valence-corrected chi connectivity index (χ3v) is 3.12. The van der Waals surface area contributed by atoms with Crippen molar-refractivity contribution in [3.05, 3.63) is 0 Å².